The third-order valence-corrected chi connectivity index (χ3v) is 7.18. The molecule has 1 amide bonds. The topological polar surface area (TPSA) is 83.6 Å². The van der Waals surface area contributed by atoms with Crippen LogP contribution in [0.4, 0.5) is 10.1 Å². The number of ketones is 1. The summed E-state index contributed by atoms with van der Waals surface area (Å²) in [6.07, 6.45) is 0. The van der Waals surface area contributed by atoms with E-state index in [4.69, 9.17) is 16.0 Å². The average Bonchev–Trinajstić information content (AvgIpc) is 3.52. The molecule has 0 saturated heterocycles. The molecule has 1 aliphatic rings. The number of furan rings is 1. The molecule has 4 aromatic rings. The standard InChI is InChI=1S/C26H18ClFN2O4S/c1-13-8-11-19(34-13)21-20(23(32)26(33)30(21)16-9-10-18(28)17(27)12-16)22(31)24-14(2)29-25(35-24)15-6-4-3-5-7-15/h3-12,21,32H,1-2H3. The number of hydrogen-bond acceptors (Lipinski definition) is 6. The predicted octanol–water partition coefficient (Wildman–Crippen LogP) is 6.60. The van der Waals surface area contributed by atoms with Crippen molar-refractivity contribution in [2.75, 3.05) is 4.90 Å². The van der Waals surface area contributed by atoms with Gasteiger partial charge in [0, 0.05) is 11.3 Å². The van der Waals surface area contributed by atoms with E-state index in [1.165, 1.54) is 28.4 Å². The van der Waals surface area contributed by atoms with Crippen molar-refractivity contribution in [3.63, 3.8) is 0 Å². The molecule has 1 atom stereocenters. The summed E-state index contributed by atoms with van der Waals surface area (Å²) in [4.78, 5) is 33.0. The molecule has 35 heavy (non-hydrogen) atoms. The number of carbonyl (C=O) groups is 2. The zero-order valence-corrected chi connectivity index (χ0v) is 20.2. The maximum absolute atomic E-state index is 13.8. The first-order chi connectivity index (χ1) is 16.8. The minimum atomic E-state index is -1.08. The fourth-order valence-electron chi connectivity index (χ4n) is 4.04. The first kappa shape index (κ1) is 23.0. The van der Waals surface area contributed by atoms with Crippen LogP contribution < -0.4 is 4.90 Å². The van der Waals surface area contributed by atoms with E-state index in [0.29, 0.717) is 21.3 Å². The largest absolute Gasteiger partial charge is 0.503 e. The van der Waals surface area contributed by atoms with Crippen molar-refractivity contribution in [2.24, 2.45) is 0 Å². The van der Waals surface area contributed by atoms with Crippen molar-refractivity contribution in [3.8, 4) is 10.6 Å². The molecule has 0 saturated carbocycles. The molecule has 3 heterocycles. The summed E-state index contributed by atoms with van der Waals surface area (Å²) in [6, 6.07) is 15.4. The number of aliphatic hydroxyl groups excluding tert-OH is 1. The molecule has 2 aromatic heterocycles. The Morgan fingerprint density at radius 2 is 1.89 bits per heavy atom. The number of halogens is 2. The Bertz CT molecular complexity index is 1510. The Morgan fingerprint density at radius 3 is 2.54 bits per heavy atom. The van der Waals surface area contributed by atoms with Gasteiger partial charge in [-0.2, -0.15) is 0 Å². The van der Waals surface area contributed by atoms with Gasteiger partial charge in [-0.05, 0) is 44.2 Å². The first-order valence-electron chi connectivity index (χ1n) is 10.6. The number of Topliss-reactive ketones (excluding diaryl/α,β-unsaturated/α-hetero) is 1. The van der Waals surface area contributed by atoms with Gasteiger partial charge in [-0.15, -0.1) is 11.3 Å². The third-order valence-electron chi connectivity index (χ3n) is 5.69. The number of rotatable bonds is 5. The highest BCUT2D eigenvalue weighted by atomic mass is 35.5. The van der Waals surface area contributed by atoms with Crippen LogP contribution >= 0.6 is 22.9 Å². The summed E-state index contributed by atoms with van der Waals surface area (Å²) in [6.45, 7) is 3.43. The highest BCUT2D eigenvalue weighted by Crippen LogP contribution is 2.44. The second-order valence-corrected chi connectivity index (χ2v) is 9.42. The molecule has 0 fully saturated rings. The van der Waals surface area contributed by atoms with Crippen LogP contribution in [0, 0.1) is 19.7 Å². The quantitative estimate of drug-likeness (QED) is 0.307. The van der Waals surface area contributed by atoms with Crippen LogP contribution in [0.3, 0.4) is 0 Å². The maximum Gasteiger partial charge on any atom is 0.294 e. The van der Waals surface area contributed by atoms with E-state index in [-0.39, 0.29) is 22.0 Å². The third kappa shape index (κ3) is 3.94. The van der Waals surface area contributed by atoms with Crippen LogP contribution in [0.1, 0.15) is 32.9 Å². The molecule has 0 spiro atoms. The Balaban J connectivity index is 1.63. The zero-order valence-electron chi connectivity index (χ0n) is 18.6. The molecule has 1 aliphatic heterocycles. The summed E-state index contributed by atoms with van der Waals surface area (Å²) in [7, 11) is 0. The van der Waals surface area contributed by atoms with E-state index in [1.54, 1.807) is 26.0 Å². The van der Waals surface area contributed by atoms with Crippen molar-refractivity contribution in [2.45, 2.75) is 19.9 Å². The van der Waals surface area contributed by atoms with Crippen LogP contribution in [0.2, 0.25) is 5.02 Å². The fraction of sp³-hybridized carbons (Fsp3) is 0.115. The van der Waals surface area contributed by atoms with Gasteiger partial charge in [0.2, 0.25) is 5.78 Å². The van der Waals surface area contributed by atoms with Gasteiger partial charge in [0.15, 0.2) is 5.76 Å². The lowest BCUT2D eigenvalue weighted by atomic mass is 9.99. The molecular formula is C26H18ClFN2O4S. The monoisotopic (exact) mass is 508 g/mol. The number of amides is 1. The summed E-state index contributed by atoms with van der Waals surface area (Å²) < 4.78 is 19.6. The van der Waals surface area contributed by atoms with Crippen molar-refractivity contribution in [1.82, 2.24) is 4.98 Å². The number of thiazole rings is 1. The van der Waals surface area contributed by atoms with Crippen LogP contribution in [0.25, 0.3) is 10.6 Å². The average molecular weight is 509 g/mol. The molecular weight excluding hydrogens is 491 g/mol. The molecule has 5 rings (SSSR count). The number of hydrogen-bond donors (Lipinski definition) is 1. The minimum absolute atomic E-state index is 0.142. The van der Waals surface area contributed by atoms with Crippen molar-refractivity contribution in [1.29, 1.82) is 0 Å². The predicted molar refractivity (Wildman–Crippen MR) is 131 cm³/mol. The van der Waals surface area contributed by atoms with Crippen LogP contribution in [-0.4, -0.2) is 21.8 Å². The van der Waals surface area contributed by atoms with E-state index in [9.17, 15) is 19.1 Å². The van der Waals surface area contributed by atoms with Gasteiger partial charge in [-0.1, -0.05) is 41.9 Å². The highest BCUT2D eigenvalue weighted by molar-refractivity contribution is 7.17. The van der Waals surface area contributed by atoms with Gasteiger partial charge in [0.25, 0.3) is 5.91 Å². The second kappa shape index (κ2) is 8.79. The molecule has 9 heteroatoms. The zero-order chi connectivity index (χ0) is 24.9. The SMILES string of the molecule is Cc1ccc(C2C(C(=O)c3sc(-c4ccccc4)nc3C)=C(O)C(=O)N2c2ccc(F)c(Cl)c2)o1. The van der Waals surface area contributed by atoms with Crippen molar-refractivity contribution in [3.05, 3.63) is 105 Å². The fourth-order valence-corrected chi connectivity index (χ4v) is 5.24. The summed E-state index contributed by atoms with van der Waals surface area (Å²) in [5.41, 5.74) is 1.39. The lowest BCUT2D eigenvalue weighted by molar-refractivity contribution is -0.117. The van der Waals surface area contributed by atoms with E-state index < -0.39 is 29.3 Å². The number of benzene rings is 2. The van der Waals surface area contributed by atoms with Gasteiger partial charge in [0.1, 0.15) is 28.4 Å². The van der Waals surface area contributed by atoms with Gasteiger partial charge in [-0.3, -0.25) is 14.5 Å². The Hall–Kier alpha value is -3.75. The van der Waals surface area contributed by atoms with Gasteiger partial charge < -0.3 is 9.52 Å². The second-order valence-electron chi connectivity index (χ2n) is 8.02. The smallest absolute Gasteiger partial charge is 0.294 e. The van der Waals surface area contributed by atoms with E-state index in [0.717, 1.165) is 11.6 Å². The van der Waals surface area contributed by atoms with Gasteiger partial charge in [0.05, 0.1) is 21.2 Å². The lowest BCUT2D eigenvalue weighted by Crippen LogP contribution is -2.30. The maximum atomic E-state index is 13.8. The number of carbonyl (C=O) groups excluding carboxylic acids is 2. The molecule has 0 bridgehead atoms. The molecule has 0 aliphatic carbocycles. The van der Waals surface area contributed by atoms with Crippen LogP contribution in [0.15, 0.2) is 76.4 Å². The van der Waals surface area contributed by atoms with E-state index in [1.807, 2.05) is 30.3 Å². The number of aromatic nitrogens is 1. The number of anilines is 1. The highest BCUT2D eigenvalue weighted by Gasteiger charge is 2.47. The van der Waals surface area contributed by atoms with Crippen molar-refractivity contribution < 1.29 is 23.5 Å². The molecule has 176 valence electrons. The van der Waals surface area contributed by atoms with Crippen LogP contribution in [0.5, 0.6) is 0 Å². The first-order valence-corrected chi connectivity index (χ1v) is 11.8. The summed E-state index contributed by atoms with van der Waals surface area (Å²) in [5, 5.41) is 11.3. The van der Waals surface area contributed by atoms with Crippen molar-refractivity contribution >= 4 is 40.3 Å². The molecule has 1 unspecified atom stereocenters. The normalized spacial score (nSPS) is 15.8. The Labute approximate surface area is 208 Å². The Morgan fingerprint density at radius 1 is 1.14 bits per heavy atom. The number of nitrogens with zero attached hydrogens (tertiary/aromatic N) is 2. The molecule has 6 nitrogen and oxygen atoms in total. The molecule has 1 N–H and O–H groups in total. The van der Waals surface area contributed by atoms with Crippen LogP contribution in [-0.2, 0) is 4.79 Å². The van der Waals surface area contributed by atoms with E-state index in [2.05, 4.69) is 4.98 Å². The number of aliphatic hydroxyl groups is 1. The lowest BCUT2D eigenvalue weighted by Gasteiger charge is -2.25. The van der Waals surface area contributed by atoms with E-state index >= 15 is 0 Å². The number of aryl methyl sites for hydroxylation is 2. The summed E-state index contributed by atoms with van der Waals surface area (Å²) in [5.74, 6) is -1.89. The molecule has 0 radical (unpaired) electrons. The Kier molecular flexibility index (Phi) is 5.78. The van der Waals surface area contributed by atoms with Gasteiger partial charge in [-0.25, -0.2) is 9.37 Å². The minimum Gasteiger partial charge on any atom is -0.503 e. The molecule has 2 aromatic carbocycles. The van der Waals surface area contributed by atoms with Gasteiger partial charge >= 0.3 is 0 Å². The summed E-state index contributed by atoms with van der Waals surface area (Å²) >= 11 is 7.14.